The van der Waals surface area contributed by atoms with Crippen LogP contribution in [0.5, 0.6) is 11.6 Å². The minimum Gasteiger partial charge on any atom is -0.491 e. The molecule has 0 saturated carbocycles. The zero-order chi connectivity index (χ0) is 23.6. The molecule has 9 nitrogen and oxygen atoms in total. The average Bonchev–Trinajstić information content (AvgIpc) is 3.06. The smallest absolute Gasteiger partial charge is 0.239 e. The highest BCUT2D eigenvalue weighted by Crippen LogP contribution is 2.31. The summed E-state index contributed by atoms with van der Waals surface area (Å²) in [5.74, 6) is -0.159. The molecule has 1 fully saturated rings. The molecule has 0 bridgehead atoms. The Bertz CT molecular complexity index is 918. The molecule has 1 saturated heterocycles. The molecule has 178 valence electrons. The van der Waals surface area contributed by atoms with Crippen LogP contribution in [-0.2, 0) is 11.2 Å². The van der Waals surface area contributed by atoms with Crippen LogP contribution in [0, 0.1) is 12.7 Å². The molecule has 2 aromatic rings. The second-order valence-corrected chi connectivity index (χ2v) is 8.10. The summed E-state index contributed by atoms with van der Waals surface area (Å²) in [7, 11) is 0. The molecule has 0 spiro atoms. The summed E-state index contributed by atoms with van der Waals surface area (Å²) < 4.78 is 32.6. The summed E-state index contributed by atoms with van der Waals surface area (Å²) in [6, 6.07) is 4.69. The van der Waals surface area contributed by atoms with Crippen LogP contribution < -0.4 is 9.47 Å². The van der Waals surface area contributed by atoms with Gasteiger partial charge in [0.25, 0.3) is 0 Å². The molecule has 1 aromatic carbocycles. The molecule has 3 rings (SSSR count). The lowest BCUT2D eigenvalue weighted by atomic mass is 9.99. The van der Waals surface area contributed by atoms with Crippen LogP contribution in [0.25, 0.3) is 0 Å². The normalized spacial score (nSPS) is 25.9. The predicted molar refractivity (Wildman–Crippen MR) is 112 cm³/mol. The molecule has 0 radical (unpaired) electrons. The standard InChI is InChI=1S/C22H31FN2O7/c1-5-30-16-7-6-13(9-15(16)23)8-14-12(4)25(11(2)3)24-21(14)32-22-20(29)19(28)18(27)17(10-26)31-22/h6-7,9,11,17-20,22,26-29H,5,8,10H2,1-4H3/t17-,18-,19+,20-,22+/m1/s1. The number of aliphatic hydroxyl groups is 4. The Morgan fingerprint density at radius 1 is 1.19 bits per heavy atom. The fraction of sp³-hybridized carbons (Fsp3) is 0.591. The van der Waals surface area contributed by atoms with Crippen molar-refractivity contribution >= 4 is 0 Å². The Kier molecular flexibility index (Phi) is 7.73. The minimum absolute atomic E-state index is 0.00188. The van der Waals surface area contributed by atoms with E-state index in [9.17, 15) is 24.8 Å². The maximum Gasteiger partial charge on any atom is 0.239 e. The van der Waals surface area contributed by atoms with E-state index in [4.69, 9.17) is 14.2 Å². The molecule has 1 aliphatic heterocycles. The largest absolute Gasteiger partial charge is 0.491 e. The van der Waals surface area contributed by atoms with Gasteiger partial charge < -0.3 is 34.6 Å². The number of aromatic nitrogens is 2. The molecule has 2 heterocycles. The van der Waals surface area contributed by atoms with Gasteiger partial charge in [0.1, 0.15) is 24.4 Å². The molecule has 10 heteroatoms. The van der Waals surface area contributed by atoms with Crippen molar-refractivity contribution in [3.8, 4) is 11.6 Å². The first-order valence-electron chi connectivity index (χ1n) is 10.6. The lowest BCUT2D eigenvalue weighted by Crippen LogP contribution is -2.60. The van der Waals surface area contributed by atoms with E-state index in [2.05, 4.69) is 5.10 Å². The maximum absolute atomic E-state index is 14.4. The van der Waals surface area contributed by atoms with Gasteiger partial charge in [-0.15, -0.1) is 5.10 Å². The third-order valence-corrected chi connectivity index (χ3v) is 5.48. The topological polar surface area (TPSA) is 126 Å². The highest BCUT2D eigenvalue weighted by molar-refractivity contribution is 5.39. The van der Waals surface area contributed by atoms with Crippen molar-refractivity contribution in [3.63, 3.8) is 0 Å². The molecule has 0 unspecified atom stereocenters. The average molecular weight is 454 g/mol. The van der Waals surface area contributed by atoms with E-state index in [0.717, 1.165) is 5.69 Å². The third kappa shape index (κ3) is 4.89. The molecular weight excluding hydrogens is 423 g/mol. The second-order valence-electron chi connectivity index (χ2n) is 8.10. The summed E-state index contributed by atoms with van der Waals surface area (Å²) >= 11 is 0. The van der Waals surface area contributed by atoms with E-state index in [1.165, 1.54) is 6.07 Å². The monoisotopic (exact) mass is 454 g/mol. The number of ether oxygens (including phenoxy) is 3. The Balaban J connectivity index is 1.91. The van der Waals surface area contributed by atoms with Crippen molar-refractivity contribution in [2.75, 3.05) is 13.2 Å². The summed E-state index contributed by atoms with van der Waals surface area (Å²) in [6.07, 6.45) is -6.80. The van der Waals surface area contributed by atoms with Crippen LogP contribution in [0.1, 0.15) is 43.6 Å². The van der Waals surface area contributed by atoms with Crippen LogP contribution in [0.15, 0.2) is 18.2 Å². The Morgan fingerprint density at radius 2 is 1.91 bits per heavy atom. The van der Waals surface area contributed by atoms with Gasteiger partial charge in [0.05, 0.1) is 13.2 Å². The third-order valence-electron chi connectivity index (χ3n) is 5.48. The van der Waals surface area contributed by atoms with E-state index in [1.807, 2.05) is 20.8 Å². The fourth-order valence-electron chi connectivity index (χ4n) is 3.73. The number of nitrogens with zero attached hydrogens (tertiary/aromatic N) is 2. The number of aliphatic hydroxyl groups excluding tert-OH is 4. The van der Waals surface area contributed by atoms with E-state index >= 15 is 0 Å². The van der Waals surface area contributed by atoms with Gasteiger partial charge in [0, 0.05) is 23.7 Å². The van der Waals surface area contributed by atoms with Gasteiger partial charge in [-0.05, 0) is 45.4 Å². The molecule has 0 amide bonds. The lowest BCUT2D eigenvalue weighted by molar-refractivity contribution is -0.278. The van der Waals surface area contributed by atoms with Gasteiger partial charge in [-0.1, -0.05) is 6.07 Å². The minimum atomic E-state index is -1.57. The van der Waals surface area contributed by atoms with E-state index in [1.54, 1.807) is 23.7 Å². The van der Waals surface area contributed by atoms with Gasteiger partial charge in [0.15, 0.2) is 11.6 Å². The van der Waals surface area contributed by atoms with Crippen LogP contribution in [0.2, 0.25) is 0 Å². The van der Waals surface area contributed by atoms with E-state index in [0.29, 0.717) is 17.7 Å². The van der Waals surface area contributed by atoms with Crippen molar-refractivity contribution in [1.82, 2.24) is 9.78 Å². The summed E-state index contributed by atoms with van der Waals surface area (Å²) in [6.45, 7) is 7.30. The number of hydrogen-bond acceptors (Lipinski definition) is 8. The molecule has 5 atom stereocenters. The molecule has 1 aliphatic rings. The van der Waals surface area contributed by atoms with Crippen molar-refractivity contribution in [2.24, 2.45) is 0 Å². The van der Waals surface area contributed by atoms with Gasteiger partial charge >= 0.3 is 0 Å². The van der Waals surface area contributed by atoms with E-state index in [-0.39, 0.29) is 24.1 Å². The number of halogens is 1. The molecule has 0 aliphatic carbocycles. The van der Waals surface area contributed by atoms with Crippen LogP contribution in [0.3, 0.4) is 0 Å². The second kappa shape index (κ2) is 10.1. The van der Waals surface area contributed by atoms with Gasteiger partial charge in [-0.3, -0.25) is 4.68 Å². The summed E-state index contributed by atoms with van der Waals surface area (Å²) in [5.41, 5.74) is 2.10. The predicted octanol–water partition coefficient (Wildman–Crippen LogP) is 1.08. The van der Waals surface area contributed by atoms with Crippen LogP contribution in [0.4, 0.5) is 4.39 Å². The molecule has 4 N–H and O–H groups in total. The van der Waals surface area contributed by atoms with Crippen LogP contribution in [-0.4, -0.2) is 74.1 Å². The first-order valence-corrected chi connectivity index (χ1v) is 10.6. The Hall–Kier alpha value is -2.24. The lowest BCUT2D eigenvalue weighted by Gasteiger charge is -2.39. The van der Waals surface area contributed by atoms with Crippen molar-refractivity contribution in [3.05, 3.63) is 40.8 Å². The number of hydrogen-bond donors (Lipinski definition) is 4. The van der Waals surface area contributed by atoms with E-state index < -0.39 is 43.1 Å². The number of rotatable bonds is 8. The highest BCUT2D eigenvalue weighted by Gasteiger charge is 2.45. The Morgan fingerprint density at radius 3 is 2.50 bits per heavy atom. The SMILES string of the molecule is CCOc1ccc(Cc2c(O[C@@H]3O[C@H](CO)[C@@H](O)[C@H](O)[C@H]3O)nn(C(C)C)c2C)cc1F. The van der Waals surface area contributed by atoms with Gasteiger partial charge in [-0.2, -0.15) is 0 Å². The van der Waals surface area contributed by atoms with Crippen molar-refractivity contribution < 1.29 is 39.0 Å². The summed E-state index contributed by atoms with van der Waals surface area (Å²) in [5, 5.41) is 44.2. The molecule has 1 aromatic heterocycles. The Labute approximate surface area is 186 Å². The quantitative estimate of drug-likeness (QED) is 0.467. The first kappa shape index (κ1) is 24.4. The first-order chi connectivity index (χ1) is 15.2. The fourth-order valence-corrected chi connectivity index (χ4v) is 3.73. The summed E-state index contributed by atoms with van der Waals surface area (Å²) in [4.78, 5) is 0. The van der Waals surface area contributed by atoms with Gasteiger partial charge in [0.2, 0.25) is 12.2 Å². The zero-order valence-electron chi connectivity index (χ0n) is 18.6. The van der Waals surface area contributed by atoms with Crippen LogP contribution >= 0.6 is 0 Å². The maximum atomic E-state index is 14.4. The van der Waals surface area contributed by atoms with Crippen molar-refractivity contribution in [2.45, 2.75) is 70.9 Å². The number of benzene rings is 1. The molecule has 32 heavy (non-hydrogen) atoms. The molecular formula is C22H31FN2O7. The highest BCUT2D eigenvalue weighted by atomic mass is 19.1. The zero-order valence-corrected chi connectivity index (χ0v) is 18.6. The van der Waals surface area contributed by atoms with Gasteiger partial charge in [-0.25, -0.2) is 4.39 Å². The van der Waals surface area contributed by atoms with Crippen molar-refractivity contribution in [1.29, 1.82) is 0 Å².